The van der Waals surface area contributed by atoms with Gasteiger partial charge < -0.3 is 4.74 Å². The highest BCUT2D eigenvalue weighted by molar-refractivity contribution is 9.08. The molecule has 1 aliphatic rings. The van der Waals surface area contributed by atoms with Crippen LogP contribution < -0.4 is 0 Å². The molecule has 0 saturated carbocycles. The molecule has 2 rings (SSSR count). The molecule has 1 aromatic carbocycles. The first-order valence-electron chi connectivity index (χ1n) is 6.38. The number of ether oxygens (including phenoxy) is 1. The van der Waals surface area contributed by atoms with Crippen molar-refractivity contribution in [3.63, 3.8) is 0 Å². The first-order valence-corrected chi connectivity index (χ1v) is 7.51. The SMILES string of the molecule is CC(C)(CC1=NCCc2ccc(CBr)cc21)OC=O. The van der Waals surface area contributed by atoms with Crippen molar-refractivity contribution in [1.29, 1.82) is 0 Å². The van der Waals surface area contributed by atoms with Crippen LogP contribution in [0.2, 0.25) is 0 Å². The Morgan fingerprint density at radius 1 is 1.47 bits per heavy atom. The molecule has 0 fully saturated rings. The maximum absolute atomic E-state index is 10.5. The highest BCUT2D eigenvalue weighted by atomic mass is 79.9. The first-order chi connectivity index (χ1) is 9.05. The van der Waals surface area contributed by atoms with Gasteiger partial charge in [0.1, 0.15) is 5.60 Å². The Bertz CT molecular complexity index is 509. The molecule has 0 bridgehead atoms. The van der Waals surface area contributed by atoms with Gasteiger partial charge in [0, 0.05) is 24.0 Å². The van der Waals surface area contributed by atoms with Gasteiger partial charge in [0.15, 0.2) is 0 Å². The van der Waals surface area contributed by atoms with Crippen LogP contribution in [0.15, 0.2) is 23.2 Å². The van der Waals surface area contributed by atoms with Gasteiger partial charge in [-0.15, -0.1) is 0 Å². The molecule has 0 aliphatic carbocycles. The molecule has 0 amide bonds. The lowest BCUT2D eigenvalue weighted by molar-refractivity contribution is -0.139. The van der Waals surface area contributed by atoms with E-state index in [9.17, 15) is 4.79 Å². The second-order valence-electron chi connectivity index (χ2n) is 5.35. The first kappa shape index (κ1) is 14.3. The summed E-state index contributed by atoms with van der Waals surface area (Å²) in [5, 5.41) is 0.835. The maximum Gasteiger partial charge on any atom is 0.293 e. The van der Waals surface area contributed by atoms with Crippen molar-refractivity contribution < 1.29 is 9.53 Å². The third-order valence-electron chi connectivity index (χ3n) is 3.28. The second kappa shape index (κ2) is 5.87. The summed E-state index contributed by atoms with van der Waals surface area (Å²) in [6.45, 7) is 5.14. The average Bonchev–Trinajstić information content (AvgIpc) is 2.38. The van der Waals surface area contributed by atoms with E-state index < -0.39 is 5.60 Å². The Hall–Kier alpha value is -1.16. The van der Waals surface area contributed by atoms with Crippen molar-refractivity contribution in [2.24, 2.45) is 4.99 Å². The van der Waals surface area contributed by atoms with Crippen molar-refractivity contribution >= 4 is 28.1 Å². The lowest BCUT2D eigenvalue weighted by Crippen LogP contribution is -2.29. The zero-order valence-corrected chi connectivity index (χ0v) is 12.9. The molecule has 1 aliphatic heterocycles. The monoisotopic (exact) mass is 323 g/mol. The van der Waals surface area contributed by atoms with Crippen LogP contribution in [0, 0.1) is 0 Å². The number of halogens is 1. The number of benzene rings is 1. The minimum Gasteiger partial charge on any atom is -0.461 e. The van der Waals surface area contributed by atoms with Crippen LogP contribution >= 0.6 is 15.9 Å². The van der Waals surface area contributed by atoms with Crippen LogP contribution in [0.5, 0.6) is 0 Å². The van der Waals surface area contributed by atoms with E-state index in [0.29, 0.717) is 12.9 Å². The maximum atomic E-state index is 10.5. The fourth-order valence-electron chi connectivity index (χ4n) is 2.32. The highest BCUT2D eigenvalue weighted by Gasteiger charge is 2.25. The van der Waals surface area contributed by atoms with E-state index in [-0.39, 0.29) is 0 Å². The van der Waals surface area contributed by atoms with Gasteiger partial charge in [-0.25, -0.2) is 0 Å². The van der Waals surface area contributed by atoms with Crippen LogP contribution in [-0.4, -0.2) is 24.3 Å². The van der Waals surface area contributed by atoms with E-state index in [0.717, 1.165) is 24.0 Å². The summed E-state index contributed by atoms with van der Waals surface area (Å²) in [7, 11) is 0. The molecule has 0 N–H and O–H groups in total. The van der Waals surface area contributed by atoms with Gasteiger partial charge in [0.25, 0.3) is 6.47 Å². The number of aliphatic imine (C=N–C) groups is 1. The van der Waals surface area contributed by atoms with Gasteiger partial charge in [-0.2, -0.15) is 0 Å². The second-order valence-corrected chi connectivity index (χ2v) is 5.91. The Morgan fingerprint density at radius 3 is 2.95 bits per heavy atom. The van der Waals surface area contributed by atoms with E-state index in [1.54, 1.807) is 0 Å². The van der Waals surface area contributed by atoms with Gasteiger partial charge in [-0.3, -0.25) is 9.79 Å². The standard InChI is InChI=1S/C15H18BrNO2/c1-15(2,19-10-18)8-14-13-7-11(9-16)3-4-12(13)5-6-17-14/h3-4,7,10H,5-6,8-9H2,1-2H3. The van der Waals surface area contributed by atoms with Gasteiger partial charge in [0.05, 0.1) is 0 Å². The van der Waals surface area contributed by atoms with E-state index >= 15 is 0 Å². The van der Waals surface area contributed by atoms with Crippen molar-refractivity contribution in [1.82, 2.24) is 0 Å². The summed E-state index contributed by atoms with van der Waals surface area (Å²) in [6, 6.07) is 6.50. The number of nitrogens with zero attached hydrogens (tertiary/aromatic N) is 1. The minimum atomic E-state index is -0.514. The molecular formula is C15H18BrNO2. The fourth-order valence-corrected chi connectivity index (χ4v) is 2.66. The van der Waals surface area contributed by atoms with Crippen molar-refractivity contribution in [2.75, 3.05) is 6.54 Å². The molecular weight excluding hydrogens is 306 g/mol. The lowest BCUT2D eigenvalue weighted by Gasteiger charge is -2.26. The third-order valence-corrected chi connectivity index (χ3v) is 3.93. The molecule has 4 heteroatoms. The largest absolute Gasteiger partial charge is 0.461 e. The Labute approximate surface area is 122 Å². The Balaban J connectivity index is 2.29. The molecule has 102 valence electrons. The van der Waals surface area contributed by atoms with Gasteiger partial charge in [-0.05, 0) is 43.0 Å². The molecule has 0 aromatic heterocycles. The summed E-state index contributed by atoms with van der Waals surface area (Å²) in [5.74, 6) is 0. The average molecular weight is 324 g/mol. The van der Waals surface area contributed by atoms with Gasteiger partial charge in [0.2, 0.25) is 0 Å². The lowest BCUT2D eigenvalue weighted by atomic mass is 9.89. The topological polar surface area (TPSA) is 38.7 Å². The van der Waals surface area contributed by atoms with E-state index in [4.69, 9.17) is 4.74 Å². The normalized spacial score (nSPS) is 14.6. The molecule has 1 heterocycles. The number of carbonyl (C=O) groups is 1. The number of carbonyl (C=O) groups excluding carboxylic acids is 1. The number of hydrogen-bond acceptors (Lipinski definition) is 3. The predicted molar refractivity (Wildman–Crippen MR) is 80.0 cm³/mol. The summed E-state index contributed by atoms with van der Waals surface area (Å²) in [5.41, 5.74) is 4.29. The fraction of sp³-hybridized carbons (Fsp3) is 0.467. The zero-order chi connectivity index (χ0) is 13.9. The van der Waals surface area contributed by atoms with E-state index in [2.05, 4.69) is 39.1 Å². The van der Waals surface area contributed by atoms with Crippen molar-refractivity contribution in [3.05, 3.63) is 34.9 Å². The van der Waals surface area contributed by atoms with Crippen LogP contribution in [-0.2, 0) is 21.3 Å². The summed E-state index contributed by atoms with van der Waals surface area (Å²) >= 11 is 3.48. The number of alkyl halides is 1. The number of hydrogen-bond donors (Lipinski definition) is 0. The van der Waals surface area contributed by atoms with Crippen molar-refractivity contribution in [3.8, 4) is 0 Å². The molecule has 0 unspecified atom stereocenters. The van der Waals surface area contributed by atoms with Crippen LogP contribution in [0.25, 0.3) is 0 Å². The number of fused-ring (bicyclic) bond motifs is 1. The summed E-state index contributed by atoms with van der Waals surface area (Å²) < 4.78 is 5.13. The molecule has 1 aromatic rings. The molecule has 19 heavy (non-hydrogen) atoms. The molecule has 0 atom stereocenters. The van der Waals surface area contributed by atoms with Gasteiger partial charge in [-0.1, -0.05) is 28.1 Å². The molecule has 0 spiro atoms. The van der Waals surface area contributed by atoms with E-state index in [1.807, 2.05) is 13.8 Å². The van der Waals surface area contributed by atoms with Crippen LogP contribution in [0.4, 0.5) is 0 Å². The molecule has 0 saturated heterocycles. The van der Waals surface area contributed by atoms with Gasteiger partial charge >= 0.3 is 0 Å². The predicted octanol–water partition coefficient (Wildman–Crippen LogP) is 3.27. The summed E-state index contributed by atoms with van der Waals surface area (Å²) in [6.07, 6.45) is 1.63. The molecule has 0 radical (unpaired) electrons. The molecule has 3 nitrogen and oxygen atoms in total. The Kier molecular flexibility index (Phi) is 4.40. The smallest absolute Gasteiger partial charge is 0.293 e. The zero-order valence-electron chi connectivity index (χ0n) is 11.3. The summed E-state index contributed by atoms with van der Waals surface area (Å²) in [4.78, 5) is 15.2. The minimum absolute atomic E-state index is 0.513. The van der Waals surface area contributed by atoms with Crippen LogP contribution in [0.3, 0.4) is 0 Å². The van der Waals surface area contributed by atoms with Crippen LogP contribution in [0.1, 0.15) is 37.0 Å². The van der Waals surface area contributed by atoms with Crippen molar-refractivity contribution in [2.45, 2.75) is 37.6 Å². The quantitative estimate of drug-likeness (QED) is 0.616. The number of rotatable bonds is 5. The van der Waals surface area contributed by atoms with E-state index in [1.165, 1.54) is 16.7 Å². The third kappa shape index (κ3) is 3.44. The Morgan fingerprint density at radius 2 is 2.26 bits per heavy atom. The highest BCUT2D eigenvalue weighted by Crippen LogP contribution is 2.25.